The number of fused-ring (bicyclic) bond motifs is 1. The lowest BCUT2D eigenvalue weighted by molar-refractivity contribution is 0.0244. The average molecular weight is 462 g/mol. The van der Waals surface area contributed by atoms with Gasteiger partial charge in [-0.2, -0.15) is 4.31 Å². The normalized spacial score (nSPS) is 20.9. The first kappa shape index (κ1) is 22.8. The van der Waals surface area contributed by atoms with Crippen LogP contribution in [0.2, 0.25) is 0 Å². The van der Waals surface area contributed by atoms with E-state index in [0.29, 0.717) is 30.3 Å². The van der Waals surface area contributed by atoms with Gasteiger partial charge in [-0.3, -0.25) is 4.79 Å². The second-order valence-corrected chi connectivity index (χ2v) is 11.6. The lowest BCUT2D eigenvalue weighted by Crippen LogP contribution is -2.45. The number of nitrogens with one attached hydrogen (secondary N) is 1. The topological polar surface area (TPSA) is 99.8 Å². The van der Waals surface area contributed by atoms with Crippen LogP contribution in [0.4, 0.5) is 4.79 Å². The molecular weight excluding hydrogens is 430 g/mol. The third-order valence-corrected chi connectivity index (χ3v) is 8.01. The second-order valence-electron chi connectivity index (χ2n) is 9.77. The largest absolute Gasteiger partial charge is 0.444 e. The van der Waals surface area contributed by atoms with Crippen LogP contribution in [0, 0.1) is 0 Å². The summed E-state index contributed by atoms with van der Waals surface area (Å²) in [6, 6.07) is 4.45. The van der Waals surface area contributed by atoms with Gasteiger partial charge in [-0.25, -0.2) is 13.2 Å². The molecule has 1 atom stereocenters. The quantitative estimate of drug-likeness (QED) is 0.755. The Morgan fingerprint density at radius 3 is 2.56 bits per heavy atom. The van der Waals surface area contributed by atoms with E-state index in [0.717, 1.165) is 18.4 Å². The van der Waals surface area contributed by atoms with Crippen LogP contribution in [-0.2, 0) is 14.8 Å². The van der Waals surface area contributed by atoms with Crippen molar-refractivity contribution in [2.45, 2.75) is 69.4 Å². The third kappa shape index (κ3) is 4.41. The van der Waals surface area contributed by atoms with Crippen LogP contribution in [0.15, 0.2) is 34.1 Å². The van der Waals surface area contributed by atoms with Crippen molar-refractivity contribution in [1.29, 1.82) is 0 Å². The second kappa shape index (κ2) is 8.19. The number of carbonyl (C=O) groups excluding carboxylic acids is 1. The van der Waals surface area contributed by atoms with Crippen molar-refractivity contribution in [3.8, 4) is 0 Å². The molecule has 0 radical (unpaired) electrons. The number of hydrogen-bond donors (Lipinski definition) is 1. The number of aromatic nitrogens is 1. The first-order valence-corrected chi connectivity index (χ1v) is 12.6. The summed E-state index contributed by atoms with van der Waals surface area (Å²) in [5.41, 5.74) is -0.0220. The first-order valence-electron chi connectivity index (χ1n) is 11.1. The SMILES string of the molecule is CC1CN(C(=O)OC(C)(C)C)CCCN1S(=O)(=O)c1cccc2c(=O)[nH]cc(C3CC3)c12. The number of H-pyrrole nitrogens is 1. The number of pyridine rings is 1. The number of carbonyl (C=O) groups is 1. The Labute approximate surface area is 188 Å². The highest BCUT2D eigenvalue weighted by Crippen LogP contribution is 2.44. The van der Waals surface area contributed by atoms with Gasteiger partial charge >= 0.3 is 6.09 Å². The maximum absolute atomic E-state index is 13.9. The Balaban J connectivity index is 1.70. The number of ether oxygens (including phenoxy) is 1. The Morgan fingerprint density at radius 2 is 1.91 bits per heavy atom. The van der Waals surface area contributed by atoms with Crippen LogP contribution in [0.25, 0.3) is 10.8 Å². The van der Waals surface area contributed by atoms with Crippen LogP contribution >= 0.6 is 0 Å². The molecule has 1 aliphatic heterocycles. The fourth-order valence-electron chi connectivity index (χ4n) is 4.36. The molecule has 1 saturated heterocycles. The number of sulfonamides is 1. The summed E-state index contributed by atoms with van der Waals surface area (Å²) in [5.74, 6) is 0.273. The summed E-state index contributed by atoms with van der Waals surface area (Å²) in [4.78, 5) is 29.5. The lowest BCUT2D eigenvalue weighted by Gasteiger charge is -2.30. The molecule has 1 aliphatic carbocycles. The van der Waals surface area contributed by atoms with E-state index in [9.17, 15) is 18.0 Å². The fourth-order valence-corrected chi connectivity index (χ4v) is 6.26. The van der Waals surface area contributed by atoms with Crippen molar-refractivity contribution in [1.82, 2.24) is 14.2 Å². The molecule has 2 aliphatic rings. The number of amides is 1. The summed E-state index contributed by atoms with van der Waals surface area (Å²) in [6.07, 6.45) is 3.71. The zero-order valence-electron chi connectivity index (χ0n) is 19.1. The van der Waals surface area contributed by atoms with Gasteiger partial charge in [0.05, 0.1) is 4.90 Å². The maximum Gasteiger partial charge on any atom is 0.410 e. The van der Waals surface area contributed by atoms with E-state index in [4.69, 9.17) is 4.74 Å². The van der Waals surface area contributed by atoms with Gasteiger partial charge in [0.15, 0.2) is 0 Å². The molecule has 9 heteroatoms. The van der Waals surface area contributed by atoms with Gasteiger partial charge in [0, 0.05) is 42.6 Å². The Morgan fingerprint density at radius 1 is 1.19 bits per heavy atom. The van der Waals surface area contributed by atoms with E-state index in [-0.39, 0.29) is 22.9 Å². The molecule has 0 bridgehead atoms. The fraction of sp³-hybridized carbons (Fsp3) is 0.565. The molecule has 1 amide bonds. The molecule has 4 rings (SSSR count). The minimum absolute atomic E-state index is 0.167. The molecule has 1 saturated carbocycles. The summed E-state index contributed by atoms with van der Waals surface area (Å²) in [6.45, 7) is 8.19. The monoisotopic (exact) mass is 461 g/mol. The molecule has 1 N–H and O–H groups in total. The summed E-state index contributed by atoms with van der Waals surface area (Å²) in [5, 5.41) is 0.924. The highest BCUT2D eigenvalue weighted by Gasteiger charge is 2.37. The molecule has 0 spiro atoms. The number of nitrogens with zero attached hydrogens (tertiary/aromatic N) is 2. The van der Waals surface area contributed by atoms with Gasteiger partial charge < -0.3 is 14.6 Å². The summed E-state index contributed by atoms with van der Waals surface area (Å²) in [7, 11) is -3.89. The van der Waals surface area contributed by atoms with Crippen LogP contribution in [0.5, 0.6) is 0 Å². The minimum atomic E-state index is -3.89. The van der Waals surface area contributed by atoms with Crippen molar-refractivity contribution in [2.24, 2.45) is 0 Å². The molecule has 2 heterocycles. The van der Waals surface area contributed by atoms with Crippen molar-refractivity contribution in [3.05, 3.63) is 40.3 Å². The smallest absolute Gasteiger partial charge is 0.410 e. The zero-order valence-corrected chi connectivity index (χ0v) is 19.9. The van der Waals surface area contributed by atoms with Crippen molar-refractivity contribution in [3.63, 3.8) is 0 Å². The van der Waals surface area contributed by atoms with E-state index in [2.05, 4.69) is 4.98 Å². The highest BCUT2D eigenvalue weighted by atomic mass is 32.2. The zero-order chi connectivity index (χ0) is 23.3. The number of benzene rings is 1. The molecule has 1 aromatic heterocycles. The van der Waals surface area contributed by atoms with E-state index in [1.165, 1.54) is 4.31 Å². The predicted molar refractivity (Wildman–Crippen MR) is 122 cm³/mol. The van der Waals surface area contributed by atoms with Crippen LogP contribution in [0.1, 0.15) is 58.4 Å². The molecule has 1 aromatic carbocycles. The van der Waals surface area contributed by atoms with Gasteiger partial charge in [0.25, 0.3) is 5.56 Å². The van der Waals surface area contributed by atoms with Crippen molar-refractivity contribution in [2.75, 3.05) is 19.6 Å². The standard InChI is InChI=1S/C23H31N3O5S/c1-15-14-25(22(28)31-23(2,3)4)11-6-12-26(15)32(29,30)19-8-5-7-17-20(19)18(16-9-10-16)13-24-21(17)27/h5,7-8,13,15-16H,6,9-12,14H2,1-4H3,(H,24,27). The van der Waals surface area contributed by atoms with Crippen LogP contribution < -0.4 is 5.56 Å². The van der Waals surface area contributed by atoms with Crippen LogP contribution in [-0.4, -0.2) is 60.0 Å². The van der Waals surface area contributed by atoms with E-state index in [1.807, 2.05) is 20.8 Å². The Kier molecular flexibility index (Phi) is 5.83. The molecule has 2 aromatic rings. The van der Waals surface area contributed by atoms with Gasteiger partial charge in [0.1, 0.15) is 5.60 Å². The van der Waals surface area contributed by atoms with Gasteiger partial charge in [-0.05, 0) is 70.6 Å². The van der Waals surface area contributed by atoms with Crippen LogP contribution in [0.3, 0.4) is 0 Å². The molecule has 32 heavy (non-hydrogen) atoms. The third-order valence-electron chi connectivity index (χ3n) is 5.96. The minimum Gasteiger partial charge on any atom is -0.444 e. The highest BCUT2D eigenvalue weighted by molar-refractivity contribution is 7.89. The number of aromatic amines is 1. The summed E-state index contributed by atoms with van der Waals surface area (Å²) >= 11 is 0. The number of rotatable bonds is 3. The molecule has 2 fully saturated rings. The van der Waals surface area contributed by atoms with E-state index < -0.39 is 27.8 Å². The Hall–Kier alpha value is -2.39. The number of hydrogen-bond acceptors (Lipinski definition) is 5. The molecular formula is C23H31N3O5S. The van der Waals surface area contributed by atoms with Crippen molar-refractivity contribution < 1.29 is 17.9 Å². The average Bonchev–Trinajstić information content (AvgIpc) is 3.54. The Bertz CT molecular complexity index is 1190. The summed E-state index contributed by atoms with van der Waals surface area (Å²) < 4.78 is 34.7. The van der Waals surface area contributed by atoms with Gasteiger partial charge in [-0.1, -0.05) is 6.07 Å². The van der Waals surface area contributed by atoms with E-state index in [1.54, 1.807) is 36.2 Å². The van der Waals surface area contributed by atoms with Gasteiger partial charge in [0.2, 0.25) is 10.0 Å². The molecule has 1 unspecified atom stereocenters. The predicted octanol–water partition coefficient (Wildman–Crippen LogP) is 3.43. The van der Waals surface area contributed by atoms with Gasteiger partial charge in [-0.15, -0.1) is 0 Å². The maximum atomic E-state index is 13.9. The lowest BCUT2D eigenvalue weighted by atomic mass is 10.0. The molecule has 8 nitrogen and oxygen atoms in total. The first-order chi connectivity index (χ1) is 15.0. The van der Waals surface area contributed by atoms with Crippen molar-refractivity contribution >= 4 is 26.9 Å². The molecule has 174 valence electrons. The van der Waals surface area contributed by atoms with E-state index >= 15 is 0 Å².